The minimum atomic E-state index is -3.20. The molecule has 1 aliphatic heterocycles. The van der Waals surface area contributed by atoms with Crippen LogP contribution in [0.3, 0.4) is 0 Å². The van der Waals surface area contributed by atoms with E-state index < -0.39 is 9.84 Å². The number of piperidine rings is 1. The largest absolute Gasteiger partial charge is 0.371 e. The number of aromatic nitrogens is 2. The van der Waals surface area contributed by atoms with E-state index in [0.29, 0.717) is 21.2 Å². The van der Waals surface area contributed by atoms with Crippen LogP contribution in [-0.2, 0) is 9.84 Å². The summed E-state index contributed by atoms with van der Waals surface area (Å²) in [7, 11) is -3.20. The first kappa shape index (κ1) is 22.4. The number of amides is 1. The van der Waals surface area contributed by atoms with Gasteiger partial charge in [0.15, 0.2) is 9.84 Å². The summed E-state index contributed by atoms with van der Waals surface area (Å²) in [4.78, 5) is 15.4. The van der Waals surface area contributed by atoms with Gasteiger partial charge in [-0.15, -0.1) is 0 Å². The van der Waals surface area contributed by atoms with E-state index in [9.17, 15) is 13.2 Å². The molecule has 1 fully saturated rings. The van der Waals surface area contributed by atoms with Gasteiger partial charge in [0.1, 0.15) is 0 Å². The quantitative estimate of drug-likeness (QED) is 0.567. The molecule has 1 saturated heterocycles. The van der Waals surface area contributed by atoms with Crippen molar-refractivity contribution in [1.29, 1.82) is 0 Å². The molecule has 9 heteroatoms. The third-order valence-corrected chi connectivity index (χ3v) is 7.79. The van der Waals surface area contributed by atoms with Gasteiger partial charge in [-0.25, -0.2) is 8.42 Å². The van der Waals surface area contributed by atoms with Crippen molar-refractivity contribution < 1.29 is 13.2 Å². The lowest BCUT2D eigenvalue weighted by atomic mass is 10.0. The van der Waals surface area contributed by atoms with Crippen LogP contribution in [0.2, 0.25) is 5.02 Å². The number of hydrogen-bond donors (Lipinski definition) is 2. The number of carbonyl (C=O) groups is 1. The van der Waals surface area contributed by atoms with Crippen LogP contribution in [-0.4, -0.2) is 49.4 Å². The van der Waals surface area contributed by atoms with E-state index in [-0.39, 0.29) is 17.7 Å². The summed E-state index contributed by atoms with van der Waals surface area (Å²) in [6.45, 7) is 3.20. The van der Waals surface area contributed by atoms with E-state index >= 15 is 0 Å². The van der Waals surface area contributed by atoms with Gasteiger partial charge in [-0.05, 0) is 49.2 Å². The third kappa shape index (κ3) is 4.81. The molecular formula is C23H25ClN4O3S. The van der Waals surface area contributed by atoms with E-state index in [0.717, 1.165) is 37.2 Å². The van der Waals surface area contributed by atoms with Gasteiger partial charge in [0.05, 0.1) is 28.1 Å². The second-order valence-electron chi connectivity index (χ2n) is 7.80. The maximum absolute atomic E-state index is 12.9. The van der Waals surface area contributed by atoms with Crippen molar-refractivity contribution >= 4 is 33.0 Å². The number of hydrogen-bond acceptors (Lipinski definition) is 5. The molecule has 0 aliphatic carbocycles. The minimum absolute atomic E-state index is 0.0615. The molecule has 168 valence electrons. The Labute approximate surface area is 192 Å². The highest BCUT2D eigenvalue weighted by Gasteiger charge is 2.24. The van der Waals surface area contributed by atoms with Gasteiger partial charge >= 0.3 is 0 Å². The standard InChI is InChI=1S/C23H25ClN4O3S/c1-2-32(30,31)20-9-7-19(8-10-20)28-13-11-18(12-14-28)26-23(29)21-15-25-27-22(21)16-3-5-17(24)6-4-16/h3-10,15,18H,2,11-14H2,1H3,(H,25,27)(H,26,29). The lowest BCUT2D eigenvalue weighted by Crippen LogP contribution is -2.44. The molecular weight excluding hydrogens is 448 g/mol. The Morgan fingerprint density at radius 1 is 1.12 bits per heavy atom. The van der Waals surface area contributed by atoms with Crippen molar-refractivity contribution in [2.24, 2.45) is 0 Å². The molecule has 0 bridgehead atoms. The number of H-pyrrole nitrogens is 1. The second kappa shape index (κ2) is 9.34. The van der Waals surface area contributed by atoms with Crippen LogP contribution >= 0.6 is 11.6 Å². The minimum Gasteiger partial charge on any atom is -0.371 e. The van der Waals surface area contributed by atoms with Crippen molar-refractivity contribution in [3.05, 3.63) is 65.3 Å². The maximum Gasteiger partial charge on any atom is 0.255 e. The number of aromatic amines is 1. The molecule has 7 nitrogen and oxygen atoms in total. The molecule has 4 rings (SSSR count). The zero-order chi connectivity index (χ0) is 22.7. The molecule has 1 amide bonds. The number of anilines is 1. The molecule has 0 spiro atoms. The highest BCUT2D eigenvalue weighted by molar-refractivity contribution is 7.91. The fourth-order valence-electron chi connectivity index (χ4n) is 3.87. The predicted molar refractivity (Wildman–Crippen MR) is 126 cm³/mol. The number of nitrogens with zero attached hydrogens (tertiary/aromatic N) is 2. The summed E-state index contributed by atoms with van der Waals surface area (Å²) < 4.78 is 24.0. The first-order chi connectivity index (χ1) is 15.4. The van der Waals surface area contributed by atoms with Crippen molar-refractivity contribution in [3.63, 3.8) is 0 Å². The Morgan fingerprint density at radius 2 is 1.78 bits per heavy atom. The van der Waals surface area contributed by atoms with Gasteiger partial charge in [0, 0.05) is 35.4 Å². The average Bonchev–Trinajstić information content (AvgIpc) is 3.30. The van der Waals surface area contributed by atoms with Crippen molar-refractivity contribution in [2.75, 3.05) is 23.7 Å². The molecule has 0 atom stereocenters. The molecule has 0 radical (unpaired) electrons. The predicted octanol–water partition coefficient (Wildman–Crippen LogP) is 3.92. The van der Waals surface area contributed by atoms with E-state index in [4.69, 9.17) is 11.6 Å². The SMILES string of the molecule is CCS(=O)(=O)c1ccc(N2CCC(NC(=O)c3cn[nH]c3-c3ccc(Cl)cc3)CC2)cc1. The maximum atomic E-state index is 12.9. The van der Waals surface area contributed by atoms with Gasteiger partial charge in [-0.3, -0.25) is 9.89 Å². The Balaban J connectivity index is 1.36. The summed E-state index contributed by atoms with van der Waals surface area (Å²) in [6, 6.07) is 14.4. The molecule has 0 saturated carbocycles. The van der Waals surface area contributed by atoms with Gasteiger partial charge in [0.2, 0.25) is 0 Å². The number of benzene rings is 2. The number of sulfone groups is 1. The number of carbonyl (C=O) groups excluding carboxylic acids is 1. The molecule has 2 heterocycles. The number of halogens is 1. The lowest BCUT2D eigenvalue weighted by molar-refractivity contribution is 0.0932. The molecule has 2 N–H and O–H groups in total. The highest BCUT2D eigenvalue weighted by atomic mass is 35.5. The molecule has 0 unspecified atom stereocenters. The average molecular weight is 473 g/mol. The molecule has 2 aromatic carbocycles. The fraction of sp³-hybridized carbons (Fsp3) is 0.304. The van der Waals surface area contributed by atoms with E-state index in [1.807, 2.05) is 24.3 Å². The molecule has 1 aliphatic rings. The highest BCUT2D eigenvalue weighted by Crippen LogP contribution is 2.25. The summed E-state index contributed by atoms with van der Waals surface area (Å²) in [5, 5.41) is 10.7. The summed E-state index contributed by atoms with van der Waals surface area (Å²) in [5.41, 5.74) is 3.01. The Kier molecular flexibility index (Phi) is 6.53. The zero-order valence-electron chi connectivity index (χ0n) is 17.7. The first-order valence-electron chi connectivity index (χ1n) is 10.6. The van der Waals surface area contributed by atoms with Crippen LogP contribution in [0.4, 0.5) is 5.69 Å². The Bertz CT molecular complexity index is 1180. The molecule has 3 aromatic rings. The Morgan fingerprint density at radius 3 is 2.41 bits per heavy atom. The van der Waals surface area contributed by atoms with Crippen LogP contribution in [0.15, 0.2) is 59.6 Å². The van der Waals surface area contributed by atoms with Crippen molar-refractivity contribution in [1.82, 2.24) is 15.5 Å². The normalized spacial score (nSPS) is 15.0. The van der Waals surface area contributed by atoms with E-state index in [2.05, 4.69) is 20.4 Å². The number of nitrogens with one attached hydrogen (secondary N) is 2. The van der Waals surface area contributed by atoms with Gasteiger partial charge in [0.25, 0.3) is 5.91 Å². The lowest BCUT2D eigenvalue weighted by Gasteiger charge is -2.34. The van der Waals surface area contributed by atoms with Crippen LogP contribution < -0.4 is 10.2 Å². The zero-order valence-corrected chi connectivity index (χ0v) is 19.3. The summed E-state index contributed by atoms with van der Waals surface area (Å²) >= 11 is 5.96. The smallest absolute Gasteiger partial charge is 0.255 e. The summed E-state index contributed by atoms with van der Waals surface area (Å²) in [5.74, 6) is -0.0651. The van der Waals surface area contributed by atoms with Crippen LogP contribution in [0.25, 0.3) is 11.3 Å². The fourth-order valence-corrected chi connectivity index (χ4v) is 4.88. The van der Waals surface area contributed by atoms with Crippen LogP contribution in [0, 0.1) is 0 Å². The monoisotopic (exact) mass is 472 g/mol. The Hall–Kier alpha value is -2.84. The van der Waals surface area contributed by atoms with Gasteiger partial charge in [-0.2, -0.15) is 5.10 Å². The van der Waals surface area contributed by atoms with E-state index in [1.165, 1.54) is 0 Å². The topological polar surface area (TPSA) is 95.2 Å². The van der Waals surface area contributed by atoms with Gasteiger partial charge < -0.3 is 10.2 Å². The van der Waals surface area contributed by atoms with Crippen LogP contribution in [0.5, 0.6) is 0 Å². The van der Waals surface area contributed by atoms with Crippen molar-refractivity contribution in [2.45, 2.75) is 30.7 Å². The van der Waals surface area contributed by atoms with Gasteiger partial charge in [-0.1, -0.05) is 30.7 Å². The second-order valence-corrected chi connectivity index (χ2v) is 10.5. The summed E-state index contributed by atoms with van der Waals surface area (Å²) in [6.07, 6.45) is 3.14. The third-order valence-electron chi connectivity index (χ3n) is 5.79. The first-order valence-corrected chi connectivity index (χ1v) is 12.6. The van der Waals surface area contributed by atoms with E-state index in [1.54, 1.807) is 37.4 Å². The van der Waals surface area contributed by atoms with Crippen molar-refractivity contribution in [3.8, 4) is 11.3 Å². The van der Waals surface area contributed by atoms with Crippen LogP contribution in [0.1, 0.15) is 30.1 Å². The molecule has 32 heavy (non-hydrogen) atoms. The molecule has 1 aromatic heterocycles. The number of rotatable bonds is 6.